The van der Waals surface area contributed by atoms with Crippen molar-refractivity contribution in [1.29, 1.82) is 0 Å². The first-order valence-corrected chi connectivity index (χ1v) is 9.61. The second-order valence-corrected chi connectivity index (χ2v) is 7.58. The van der Waals surface area contributed by atoms with Crippen molar-refractivity contribution in [1.82, 2.24) is 15.0 Å². The summed E-state index contributed by atoms with van der Waals surface area (Å²) in [6, 6.07) is 11.0. The van der Waals surface area contributed by atoms with Crippen molar-refractivity contribution in [2.45, 2.75) is 25.5 Å². The molecule has 0 aliphatic rings. The second kappa shape index (κ2) is 8.01. The van der Waals surface area contributed by atoms with Gasteiger partial charge in [-0.2, -0.15) is 4.68 Å². The molecule has 0 fully saturated rings. The van der Waals surface area contributed by atoms with E-state index in [1.54, 1.807) is 24.3 Å². The van der Waals surface area contributed by atoms with E-state index in [2.05, 4.69) is 26.2 Å². The van der Waals surface area contributed by atoms with Crippen LogP contribution in [0.2, 0.25) is 0 Å². The molecular weight excluding hydrogens is 418 g/mol. The lowest BCUT2D eigenvalue weighted by Crippen LogP contribution is -2.26. The number of hydrogen-bond acceptors (Lipinski definition) is 6. The van der Waals surface area contributed by atoms with Gasteiger partial charge in [-0.25, -0.2) is 0 Å². The number of thioether (sulfide) groups is 1. The largest absolute Gasteiger partial charge is 0.441 e. The second-order valence-electron chi connectivity index (χ2n) is 5.71. The average Bonchev–Trinajstić information content (AvgIpc) is 2.63. The summed E-state index contributed by atoms with van der Waals surface area (Å²) in [4.78, 5) is 25.3. The van der Waals surface area contributed by atoms with Gasteiger partial charge in [-0.3, -0.25) is 9.59 Å². The van der Waals surface area contributed by atoms with E-state index in [9.17, 15) is 9.59 Å². The van der Waals surface area contributed by atoms with E-state index in [1.165, 1.54) is 11.8 Å². The maximum atomic E-state index is 12.3. The van der Waals surface area contributed by atoms with E-state index in [0.717, 1.165) is 25.2 Å². The fourth-order valence-electron chi connectivity index (χ4n) is 2.33. The van der Waals surface area contributed by atoms with Gasteiger partial charge in [0.1, 0.15) is 5.52 Å². The Morgan fingerprint density at radius 1 is 1.23 bits per heavy atom. The predicted molar refractivity (Wildman–Crippen MR) is 104 cm³/mol. The van der Waals surface area contributed by atoms with Gasteiger partial charge in [0.15, 0.2) is 6.73 Å². The number of aryl methyl sites for hydroxylation is 2. The molecule has 0 saturated heterocycles. The molecule has 6 nitrogen and oxygen atoms in total. The Labute approximate surface area is 162 Å². The van der Waals surface area contributed by atoms with E-state index >= 15 is 0 Å². The zero-order chi connectivity index (χ0) is 18.7. The molecule has 0 N–H and O–H groups in total. The molecule has 8 heteroatoms. The molecule has 0 aliphatic heterocycles. The SMILES string of the molecule is Cc1cc(SCC(=O)OCn2nnc3ccccc3c2=O)c(C)cc1Br. The van der Waals surface area contributed by atoms with Crippen molar-refractivity contribution >= 4 is 44.6 Å². The van der Waals surface area contributed by atoms with Crippen LogP contribution < -0.4 is 5.56 Å². The lowest BCUT2D eigenvalue weighted by Gasteiger charge is -2.09. The van der Waals surface area contributed by atoms with Gasteiger partial charge in [0, 0.05) is 9.37 Å². The number of carbonyl (C=O) groups excluding carboxylic acids is 1. The highest BCUT2D eigenvalue weighted by molar-refractivity contribution is 9.10. The van der Waals surface area contributed by atoms with Gasteiger partial charge < -0.3 is 4.74 Å². The Morgan fingerprint density at radius 3 is 2.81 bits per heavy atom. The van der Waals surface area contributed by atoms with Crippen molar-refractivity contribution in [3.8, 4) is 0 Å². The lowest BCUT2D eigenvalue weighted by molar-refractivity contribution is -0.144. The molecule has 0 unspecified atom stereocenters. The van der Waals surface area contributed by atoms with E-state index in [-0.39, 0.29) is 18.0 Å². The van der Waals surface area contributed by atoms with Crippen LogP contribution in [0, 0.1) is 13.8 Å². The van der Waals surface area contributed by atoms with Gasteiger partial charge >= 0.3 is 5.97 Å². The molecule has 3 aromatic rings. The fourth-order valence-corrected chi connectivity index (χ4v) is 3.69. The molecule has 0 amide bonds. The minimum absolute atomic E-state index is 0.150. The highest BCUT2D eigenvalue weighted by atomic mass is 79.9. The van der Waals surface area contributed by atoms with Gasteiger partial charge in [0.25, 0.3) is 5.56 Å². The molecule has 0 aliphatic carbocycles. The van der Waals surface area contributed by atoms with Crippen LogP contribution in [-0.4, -0.2) is 26.7 Å². The lowest BCUT2D eigenvalue weighted by atomic mass is 10.2. The Morgan fingerprint density at radius 2 is 2.00 bits per heavy atom. The topological polar surface area (TPSA) is 74.1 Å². The minimum Gasteiger partial charge on any atom is -0.441 e. The van der Waals surface area contributed by atoms with Crippen molar-refractivity contribution in [2.24, 2.45) is 0 Å². The van der Waals surface area contributed by atoms with Crippen LogP contribution in [0.5, 0.6) is 0 Å². The van der Waals surface area contributed by atoms with Gasteiger partial charge in [0.2, 0.25) is 0 Å². The zero-order valence-corrected chi connectivity index (χ0v) is 16.6. The van der Waals surface area contributed by atoms with Gasteiger partial charge in [-0.15, -0.1) is 16.9 Å². The standard InChI is InChI=1S/C18H16BrN3O3S/c1-11-8-16(12(2)7-14(11)19)26-9-17(23)25-10-22-18(24)13-5-3-4-6-15(13)20-21-22/h3-8H,9-10H2,1-2H3. The molecule has 0 atom stereocenters. The molecule has 134 valence electrons. The summed E-state index contributed by atoms with van der Waals surface area (Å²) in [5.74, 6) is -0.269. The van der Waals surface area contributed by atoms with Crippen LogP contribution in [0.3, 0.4) is 0 Å². The van der Waals surface area contributed by atoms with Crippen LogP contribution >= 0.6 is 27.7 Å². The first-order chi connectivity index (χ1) is 12.5. The Hall–Kier alpha value is -2.19. The minimum atomic E-state index is -0.420. The third kappa shape index (κ3) is 4.13. The molecule has 0 radical (unpaired) electrons. The van der Waals surface area contributed by atoms with E-state index in [1.807, 2.05) is 26.0 Å². The molecule has 1 heterocycles. The highest BCUT2D eigenvalue weighted by Crippen LogP contribution is 2.28. The molecule has 0 spiro atoms. The summed E-state index contributed by atoms with van der Waals surface area (Å²) >= 11 is 4.89. The van der Waals surface area contributed by atoms with E-state index in [0.29, 0.717) is 10.9 Å². The third-order valence-corrected chi connectivity index (χ3v) is 5.76. The smallest absolute Gasteiger partial charge is 0.318 e. The number of ether oxygens (including phenoxy) is 1. The van der Waals surface area contributed by atoms with Crippen LogP contribution in [0.4, 0.5) is 0 Å². The monoisotopic (exact) mass is 433 g/mol. The molecule has 1 aromatic heterocycles. The number of hydrogen-bond donors (Lipinski definition) is 0. The number of rotatable bonds is 5. The fraction of sp³-hybridized carbons (Fsp3) is 0.222. The van der Waals surface area contributed by atoms with Crippen LogP contribution in [0.15, 0.2) is 50.6 Å². The average molecular weight is 434 g/mol. The number of benzene rings is 2. The Kier molecular flexibility index (Phi) is 5.73. The summed E-state index contributed by atoms with van der Waals surface area (Å²) in [7, 11) is 0. The van der Waals surface area contributed by atoms with Crippen molar-refractivity contribution in [3.63, 3.8) is 0 Å². The Balaban J connectivity index is 1.62. The molecule has 26 heavy (non-hydrogen) atoms. The van der Waals surface area contributed by atoms with Gasteiger partial charge in [-0.1, -0.05) is 33.3 Å². The van der Waals surface area contributed by atoms with Gasteiger partial charge in [-0.05, 0) is 49.2 Å². The predicted octanol–water partition coefficient (Wildman–Crippen LogP) is 3.46. The number of esters is 1. The number of nitrogens with zero attached hydrogens (tertiary/aromatic N) is 3. The maximum absolute atomic E-state index is 12.3. The maximum Gasteiger partial charge on any atom is 0.318 e. The van der Waals surface area contributed by atoms with Crippen LogP contribution in [0.25, 0.3) is 10.9 Å². The van der Waals surface area contributed by atoms with Crippen LogP contribution in [0.1, 0.15) is 11.1 Å². The highest BCUT2D eigenvalue weighted by Gasteiger charge is 2.10. The van der Waals surface area contributed by atoms with E-state index in [4.69, 9.17) is 4.74 Å². The summed E-state index contributed by atoms with van der Waals surface area (Å²) < 4.78 is 7.24. The quantitative estimate of drug-likeness (QED) is 0.452. The Bertz CT molecular complexity index is 1040. The summed E-state index contributed by atoms with van der Waals surface area (Å²) in [5, 5.41) is 8.19. The number of halogens is 1. The first kappa shape index (κ1) is 18.6. The van der Waals surface area contributed by atoms with Gasteiger partial charge in [0.05, 0.1) is 11.1 Å². The van der Waals surface area contributed by atoms with E-state index < -0.39 is 5.97 Å². The molecule has 0 bridgehead atoms. The molecule has 3 rings (SSSR count). The summed E-state index contributed by atoms with van der Waals surface area (Å²) in [6.45, 7) is 3.73. The molecule has 2 aromatic carbocycles. The van der Waals surface area contributed by atoms with Crippen molar-refractivity contribution in [2.75, 3.05) is 5.75 Å². The number of carbonyl (C=O) groups is 1. The third-order valence-electron chi connectivity index (χ3n) is 3.78. The molecule has 0 saturated carbocycles. The number of aromatic nitrogens is 3. The molecular formula is C18H16BrN3O3S. The zero-order valence-electron chi connectivity index (χ0n) is 14.2. The number of fused-ring (bicyclic) bond motifs is 1. The van der Waals surface area contributed by atoms with Crippen molar-refractivity contribution in [3.05, 3.63) is 62.4 Å². The van der Waals surface area contributed by atoms with Crippen molar-refractivity contribution < 1.29 is 9.53 Å². The summed E-state index contributed by atoms with van der Waals surface area (Å²) in [6.07, 6.45) is 0. The summed E-state index contributed by atoms with van der Waals surface area (Å²) in [5.41, 5.74) is 2.36. The first-order valence-electron chi connectivity index (χ1n) is 7.83. The normalized spacial score (nSPS) is 10.9. The van der Waals surface area contributed by atoms with Crippen LogP contribution in [-0.2, 0) is 16.3 Å².